The Balaban J connectivity index is 2.22. The molecule has 0 saturated carbocycles. The molecule has 0 fully saturated rings. The number of hydrogen-bond donors (Lipinski definition) is 1. The Morgan fingerprint density at radius 1 is 1.42 bits per heavy atom. The number of carbonyl (C=O) groups is 1. The number of amides is 1. The molecular formula is C14H19N3O2. The van der Waals surface area contributed by atoms with Gasteiger partial charge in [0.05, 0.1) is 17.6 Å². The van der Waals surface area contributed by atoms with E-state index in [-0.39, 0.29) is 5.91 Å². The van der Waals surface area contributed by atoms with Crippen molar-refractivity contribution < 1.29 is 9.53 Å². The predicted octanol–water partition coefficient (Wildman–Crippen LogP) is 1.36. The highest BCUT2D eigenvalue weighted by molar-refractivity contribution is 5.76. The van der Waals surface area contributed by atoms with E-state index < -0.39 is 0 Å². The van der Waals surface area contributed by atoms with Gasteiger partial charge in [-0.05, 0) is 12.1 Å². The zero-order valence-corrected chi connectivity index (χ0v) is 11.3. The van der Waals surface area contributed by atoms with Gasteiger partial charge in [-0.25, -0.2) is 4.98 Å². The molecule has 0 unspecified atom stereocenters. The first-order valence-corrected chi connectivity index (χ1v) is 6.40. The third-order valence-electron chi connectivity index (χ3n) is 2.98. The Morgan fingerprint density at radius 3 is 2.95 bits per heavy atom. The van der Waals surface area contributed by atoms with Crippen LogP contribution in [0.5, 0.6) is 0 Å². The first-order valence-electron chi connectivity index (χ1n) is 6.40. The molecule has 1 heterocycles. The van der Waals surface area contributed by atoms with E-state index in [9.17, 15) is 4.79 Å². The molecule has 0 bridgehead atoms. The van der Waals surface area contributed by atoms with E-state index in [1.165, 1.54) is 6.92 Å². The van der Waals surface area contributed by atoms with Crippen molar-refractivity contribution in [2.75, 3.05) is 20.3 Å². The Kier molecular flexibility index (Phi) is 4.52. The molecule has 2 aromatic rings. The van der Waals surface area contributed by atoms with E-state index in [4.69, 9.17) is 4.74 Å². The second-order valence-corrected chi connectivity index (χ2v) is 4.39. The molecule has 2 rings (SSSR count). The number of rotatable bonds is 6. The molecular weight excluding hydrogens is 242 g/mol. The number of imidazole rings is 1. The largest absolute Gasteiger partial charge is 0.383 e. The van der Waals surface area contributed by atoms with Crippen LogP contribution in [0, 0.1) is 0 Å². The van der Waals surface area contributed by atoms with E-state index in [0.717, 1.165) is 29.8 Å². The zero-order chi connectivity index (χ0) is 13.7. The molecule has 0 aliphatic heterocycles. The monoisotopic (exact) mass is 261 g/mol. The fourth-order valence-electron chi connectivity index (χ4n) is 2.10. The SMILES string of the molecule is COCCn1c(CCNC(C)=O)nc2ccccc21. The highest BCUT2D eigenvalue weighted by Crippen LogP contribution is 2.16. The molecule has 5 heteroatoms. The fraction of sp³-hybridized carbons (Fsp3) is 0.429. The molecule has 19 heavy (non-hydrogen) atoms. The van der Waals surface area contributed by atoms with Gasteiger partial charge in [0.25, 0.3) is 0 Å². The van der Waals surface area contributed by atoms with Crippen molar-refractivity contribution in [1.82, 2.24) is 14.9 Å². The van der Waals surface area contributed by atoms with Gasteiger partial charge in [-0.15, -0.1) is 0 Å². The number of fused-ring (bicyclic) bond motifs is 1. The lowest BCUT2D eigenvalue weighted by molar-refractivity contribution is -0.118. The summed E-state index contributed by atoms with van der Waals surface area (Å²) in [5, 5.41) is 2.80. The lowest BCUT2D eigenvalue weighted by Gasteiger charge is -2.08. The van der Waals surface area contributed by atoms with Crippen molar-refractivity contribution in [2.45, 2.75) is 19.9 Å². The van der Waals surface area contributed by atoms with Crippen molar-refractivity contribution >= 4 is 16.9 Å². The molecule has 0 saturated heterocycles. The Bertz CT molecular complexity index is 563. The maximum atomic E-state index is 10.9. The van der Waals surface area contributed by atoms with Crippen LogP contribution in [0.25, 0.3) is 11.0 Å². The number of aromatic nitrogens is 2. The Morgan fingerprint density at radius 2 is 2.21 bits per heavy atom. The van der Waals surface area contributed by atoms with Gasteiger partial charge in [0.1, 0.15) is 5.82 Å². The molecule has 0 spiro atoms. The molecule has 0 atom stereocenters. The van der Waals surface area contributed by atoms with Crippen LogP contribution in [0.1, 0.15) is 12.7 Å². The van der Waals surface area contributed by atoms with Gasteiger partial charge >= 0.3 is 0 Å². The van der Waals surface area contributed by atoms with Crippen LogP contribution in [-0.2, 0) is 22.5 Å². The topological polar surface area (TPSA) is 56.1 Å². The predicted molar refractivity (Wildman–Crippen MR) is 74.0 cm³/mol. The number of ether oxygens (including phenoxy) is 1. The standard InChI is InChI=1S/C14H19N3O2/c1-11(18)15-8-7-14-16-12-5-3-4-6-13(12)17(14)9-10-19-2/h3-6H,7-10H2,1-2H3,(H,15,18). The van der Waals surface area contributed by atoms with E-state index in [2.05, 4.69) is 20.9 Å². The average Bonchev–Trinajstić information content (AvgIpc) is 2.74. The van der Waals surface area contributed by atoms with Crippen molar-refractivity contribution in [3.63, 3.8) is 0 Å². The van der Waals surface area contributed by atoms with Crippen molar-refractivity contribution in [2.24, 2.45) is 0 Å². The second kappa shape index (κ2) is 6.33. The van der Waals surface area contributed by atoms with Gasteiger partial charge < -0.3 is 14.6 Å². The minimum absolute atomic E-state index is 0.0143. The van der Waals surface area contributed by atoms with E-state index in [1.807, 2.05) is 18.2 Å². The van der Waals surface area contributed by atoms with Crippen molar-refractivity contribution in [3.05, 3.63) is 30.1 Å². The normalized spacial score (nSPS) is 10.8. The maximum absolute atomic E-state index is 10.9. The van der Waals surface area contributed by atoms with Gasteiger partial charge in [-0.2, -0.15) is 0 Å². The molecule has 0 aliphatic rings. The number of methoxy groups -OCH3 is 1. The molecule has 5 nitrogen and oxygen atoms in total. The average molecular weight is 261 g/mol. The molecule has 0 aliphatic carbocycles. The zero-order valence-electron chi connectivity index (χ0n) is 11.3. The van der Waals surface area contributed by atoms with E-state index in [1.54, 1.807) is 7.11 Å². The highest BCUT2D eigenvalue weighted by atomic mass is 16.5. The van der Waals surface area contributed by atoms with Crippen LogP contribution >= 0.6 is 0 Å². The minimum atomic E-state index is -0.0143. The highest BCUT2D eigenvalue weighted by Gasteiger charge is 2.09. The van der Waals surface area contributed by atoms with Gasteiger partial charge in [0, 0.05) is 33.5 Å². The summed E-state index contributed by atoms with van der Waals surface area (Å²) in [7, 11) is 1.69. The van der Waals surface area contributed by atoms with Crippen LogP contribution in [0.2, 0.25) is 0 Å². The molecule has 102 valence electrons. The molecule has 0 radical (unpaired) electrons. The summed E-state index contributed by atoms with van der Waals surface area (Å²) in [5.41, 5.74) is 2.09. The molecule has 1 N–H and O–H groups in total. The summed E-state index contributed by atoms with van der Waals surface area (Å²) in [4.78, 5) is 15.5. The van der Waals surface area contributed by atoms with Crippen LogP contribution in [0.3, 0.4) is 0 Å². The number of nitrogens with zero attached hydrogens (tertiary/aromatic N) is 2. The molecule has 1 aromatic heterocycles. The Hall–Kier alpha value is -1.88. The van der Waals surface area contributed by atoms with Gasteiger partial charge in [0.2, 0.25) is 5.91 Å². The smallest absolute Gasteiger partial charge is 0.216 e. The molecule has 1 aromatic carbocycles. The first kappa shape index (κ1) is 13.5. The van der Waals surface area contributed by atoms with Gasteiger partial charge in [-0.1, -0.05) is 12.1 Å². The van der Waals surface area contributed by atoms with Gasteiger partial charge in [0.15, 0.2) is 0 Å². The van der Waals surface area contributed by atoms with Crippen molar-refractivity contribution in [1.29, 1.82) is 0 Å². The fourth-order valence-corrected chi connectivity index (χ4v) is 2.10. The minimum Gasteiger partial charge on any atom is -0.383 e. The molecule has 1 amide bonds. The number of nitrogens with one attached hydrogen (secondary N) is 1. The summed E-state index contributed by atoms with van der Waals surface area (Å²) in [6, 6.07) is 8.04. The third-order valence-corrected chi connectivity index (χ3v) is 2.98. The summed E-state index contributed by atoms with van der Waals surface area (Å²) in [6.45, 7) is 3.54. The third kappa shape index (κ3) is 3.32. The van der Waals surface area contributed by atoms with Crippen molar-refractivity contribution in [3.8, 4) is 0 Å². The number of hydrogen-bond acceptors (Lipinski definition) is 3. The second-order valence-electron chi connectivity index (χ2n) is 4.39. The van der Waals surface area contributed by atoms with Crippen LogP contribution < -0.4 is 5.32 Å². The number of carbonyl (C=O) groups excluding carboxylic acids is 1. The number of para-hydroxylation sites is 2. The summed E-state index contributed by atoms with van der Waals surface area (Å²) < 4.78 is 7.30. The lowest BCUT2D eigenvalue weighted by atomic mass is 10.3. The van der Waals surface area contributed by atoms with Crippen LogP contribution in [0.15, 0.2) is 24.3 Å². The van der Waals surface area contributed by atoms with Crippen LogP contribution in [0.4, 0.5) is 0 Å². The van der Waals surface area contributed by atoms with Gasteiger partial charge in [-0.3, -0.25) is 4.79 Å². The summed E-state index contributed by atoms with van der Waals surface area (Å²) in [5.74, 6) is 0.964. The van der Waals surface area contributed by atoms with E-state index in [0.29, 0.717) is 13.2 Å². The van der Waals surface area contributed by atoms with Crippen LogP contribution in [-0.4, -0.2) is 35.7 Å². The lowest BCUT2D eigenvalue weighted by Crippen LogP contribution is -2.23. The Labute approximate surface area is 112 Å². The maximum Gasteiger partial charge on any atom is 0.216 e. The summed E-state index contributed by atoms with van der Waals surface area (Å²) >= 11 is 0. The summed E-state index contributed by atoms with van der Waals surface area (Å²) in [6.07, 6.45) is 0.720. The van der Waals surface area contributed by atoms with E-state index >= 15 is 0 Å². The quantitative estimate of drug-likeness (QED) is 0.854. The first-order chi connectivity index (χ1) is 9.22. The number of benzene rings is 1.